The van der Waals surface area contributed by atoms with Crippen molar-refractivity contribution < 1.29 is 14.7 Å². The number of hydrogen-bond donors (Lipinski definition) is 5. The van der Waals surface area contributed by atoms with E-state index in [-0.39, 0.29) is 29.5 Å². The van der Waals surface area contributed by atoms with Gasteiger partial charge in [0.05, 0.1) is 0 Å². The molecular formula is C25H30N4O3S. The molecule has 4 rings (SSSR count). The van der Waals surface area contributed by atoms with Crippen molar-refractivity contribution in [2.45, 2.75) is 55.0 Å². The number of carboxylic acid groups (broad SMARTS) is 1. The third-order valence-electron chi connectivity index (χ3n) is 6.86. The Balaban J connectivity index is 1.63. The molecule has 5 atom stereocenters. The zero-order valence-electron chi connectivity index (χ0n) is 18.6. The summed E-state index contributed by atoms with van der Waals surface area (Å²) in [6.07, 6.45) is 1.79. The highest BCUT2D eigenvalue weighted by Gasteiger charge is 2.37. The van der Waals surface area contributed by atoms with Crippen LogP contribution in [0.25, 0.3) is 0 Å². The van der Waals surface area contributed by atoms with E-state index in [1.54, 1.807) is 18.0 Å². The summed E-state index contributed by atoms with van der Waals surface area (Å²) in [5, 5.41) is 20.4. The SMILES string of the molecule is CC(C(=O)C(CC1CCC(C(=O)O)N1)c1cccc(C(=N)N)c1)C1CNSc2ccccc21. The van der Waals surface area contributed by atoms with Crippen LogP contribution >= 0.6 is 11.9 Å². The molecule has 0 aromatic heterocycles. The van der Waals surface area contributed by atoms with Crippen molar-refractivity contribution in [2.75, 3.05) is 6.54 Å². The number of carbonyl (C=O) groups is 2. The monoisotopic (exact) mass is 466 g/mol. The van der Waals surface area contributed by atoms with Crippen molar-refractivity contribution in [2.24, 2.45) is 11.7 Å². The fourth-order valence-corrected chi connectivity index (χ4v) is 5.89. The molecule has 1 fully saturated rings. The number of carbonyl (C=O) groups excluding carboxylic acids is 1. The number of carboxylic acids is 1. The van der Waals surface area contributed by atoms with E-state index in [2.05, 4.69) is 22.2 Å². The molecule has 5 unspecified atom stereocenters. The summed E-state index contributed by atoms with van der Waals surface area (Å²) in [6.45, 7) is 2.70. The van der Waals surface area contributed by atoms with Gasteiger partial charge in [-0.05, 0) is 54.5 Å². The molecule has 33 heavy (non-hydrogen) atoms. The number of hydrogen-bond acceptors (Lipinski definition) is 6. The van der Waals surface area contributed by atoms with Gasteiger partial charge < -0.3 is 16.2 Å². The molecule has 0 radical (unpaired) electrons. The summed E-state index contributed by atoms with van der Waals surface area (Å²) in [4.78, 5) is 26.5. The predicted molar refractivity (Wildman–Crippen MR) is 130 cm³/mol. The van der Waals surface area contributed by atoms with E-state index in [1.165, 1.54) is 5.56 Å². The van der Waals surface area contributed by atoms with E-state index in [0.29, 0.717) is 31.4 Å². The van der Waals surface area contributed by atoms with Crippen LogP contribution in [0.15, 0.2) is 53.4 Å². The Morgan fingerprint density at radius 1 is 1.21 bits per heavy atom. The standard InChI is InChI=1S/C25H30N4O3S/c1-14(20-13-28-33-22-8-3-2-7-18(20)22)23(30)19(12-17-9-10-21(29-17)25(31)32)15-5-4-6-16(11-15)24(26)27/h2-8,11,14,17,19-21,28-29H,9-10,12-13H2,1H3,(H3,26,27)(H,31,32). The van der Waals surface area contributed by atoms with E-state index in [0.717, 1.165) is 10.5 Å². The molecule has 0 bridgehead atoms. The summed E-state index contributed by atoms with van der Waals surface area (Å²) in [5.41, 5.74) is 8.31. The molecule has 2 heterocycles. The smallest absolute Gasteiger partial charge is 0.320 e. The Kier molecular flexibility index (Phi) is 7.17. The molecular weight excluding hydrogens is 436 g/mol. The van der Waals surface area contributed by atoms with Crippen molar-refractivity contribution >= 4 is 29.5 Å². The Bertz CT molecular complexity index is 1060. The number of ketones is 1. The van der Waals surface area contributed by atoms with Gasteiger partial charge in [-0.1, -0.05) is 43.3 Å². The van der Waals surface area contributed by atoms with E-state index in [9.17, 15) is 14.7 Å². The number of nitrogen functional groups attached to an aromatic ring is 1. The number of fused-ring (bicyclic) bond motifs is 1. The predicted octanol–water partition coefficient (Wildman–Crippen LogP) is 3.25. The molecule has 0 spiro atoms. The molecule has 0 amide bonds. The highest BCUT2D eigenvalue weighted by molar-refractivity contribution is 7.97. The van der Waals surface area contributed by atoms with Gasteiger partial charge in [0, 0.05) is 40.8 Å². The summed E-state index contributed by atoms with van der Waals surface area (Å²) < 4.78 is 3.36. The third-order valence-corrected chi connectivity index (χ3v) is 7.76. The minimum atomic E-state index is -0.852. The second-order valence-corrected chi connectivity index (χ2v) is 9.88. The summed E-state index contributed by atoms with van der Waals surface area (Å²) in [7, 11) is 0. The number of nitrogens with one attached hydrogen (secondary N) is 3. The first-order valence-electron chi connectivity index (χ1n) is 11.3. The molecule has 6 N–H and O–H groups in total. The molecule has 1 saturated heterocycles. The highest BCUT2D eigenvalue weighted by Crippen LogP contribution is 2.39. The lowest BCUT2D eigenvalue weighted by molar-refractivity contribution is -0.139. The van der Waals surface area contributed by atoms with E-state index in [1.807, 2.05) is 37.3 Å². The van der Waals surface area contributed by atoms with Gasteiger partial charge in [0.2, 0.25) is 0 Å². The zero-order chi connectivity index (χ0) is 23.5. The molecule has 2 aliphatic rings. The third kappa shape index (κ3) is 5.13. The van der Waals surface area contributed by atoms with Crippen LogP contribution in [0.5, 0.6) is 0 Å². The quantitative estimate of drug-likeness (QED) is 0.229. The Labute approximate surface area is 198 Å². The van der Waals surface area contributed by atoms with E-state index in [4.69, 9.17) is 11.1 Å². The van der Waals surface area contributed by atoms with Gasteiger partial charge in [0.25, 0.3) is 0 Å². The summed E-state index contributed by atoms with van der Waals surface area (Å²) in [6, 6.07) is 14.9. The molecule has 7 nitrogen and oxygen atoms in total. The molecule has 2 aromatic carbocycles. The molecule has 0 saturated carbocycles. The van der Waals surface area contributed by atoms with E-state index >= 15 is 0 Å². The molecule has 2 aromatic rings. The topological polar surface area (TPSA) is 128 Å². The first-order valence-corrected chi connectivity index (χ1v) is 12.1. The normalized spacial score (nSPS) is 24.0. The van der Waals surface area contributed by atoms with Gasteiger partial charge in [0.1, 0.15) is 17.7 Å². The molecule has 8 heteroatoms. The number of amidine groups is 1. The van der Waals surface area contributed by atoms with Crippen LogP contribution in [-0.4, -0.2) is 41.3 Å². The van der Waals surface area contributed by atoms with Crippen molar-refractivity contribution in [3.63, 3.8) is 0 Å². The minimum Gasteiger partial charge on any atom is -0.480 e. The van der Waals surface area contributed by atoms with Gasteiger partial charge in [-0.25, -0.2) is 0 Å². The number of nitrogens with two attached hydrogens (primary N) is 1. The van der Waals surface area contributed by atoms with Gasteiger partial charge in [-0.3, -0.25) is 19.7 Å². The Morgan fingerprint density at radius 3 is 2.73 bits per heavy atom. The second kappa shape index (κ2) is 10.1. The molecule has 0 aliphatic carbocycles. The van der Waals surface area contributed by atoms with Crippen LogP contribution in [0, 0.1) is 11.3 Å². The minimum absolute atomic E-state index is 0.0385. The molecule has 2 aliphatic heterocycles. The second-order valence-electron chi connectivity index (χ2n) is 8.95. The largest absolute Gasteiger partial charge is 0.480 e. The molecule has 174 valence electrons. The zero-order valence-corrected chi connectivity index (χ0v) is 19.4. The average Bonchev–Trinajstić information content (AvgIpc) is 3.30. The number of aliphatic carboxylic acids is 1. The lowest BCUT2D eigenvalue weighted by Crippen LogP contribution is -2.38. The van der Waals surface area contributed by atoms with E-state index < -0.39 is 17.9 Å². The number of rotatable bonds is 8. The average molecular weight is 467 g/mol. The maximum atomic E-state index is 14.0. The highest BCUT2D eigenvalue weighted by atomic mass is 32.2. The lowest BCUT2D eigenvalue weighted by atomic mass is 9.76. The Morgan fingerprint density at radius 2 is 2.00 bits per heavy atom. The first kappa shape index (κ1) is 23.5. The fourth-order valence-electron chi connectivity index (χ4n) is 4.98. The lowest BCUT2D eigenvalue weighted by Gasteiger charge is -2.32. The van der Waals surface area contributed by atoms with Gasteiger partial charge >= 0.3 is 5.97 Å². The summed E-state index contributed by atoms with van der Waals surface area (Å²) >= 11 is 1.60. The van der Waals surface area contributed by atoms with Crippen LogP contribution in [0.1, 0.15) is 54.7 Å². The number of Topliss-reactive ketones (excluding diaryl/α,β-unsaturated/α-hetero) is 1. The van der Waals surface area contributed by atoms with Crippen LogP contribution < -0.4 is 15.8 Å². The van der Waals surface area contributed by atoms with Crippen LogP contribution in [0.4, 0.5) is 0 Å². The van der Waals surface area contributed by atoms with Crippen molar-refractivity contribution in [3.8, 4) is 0 Å². The Hall–Kier alpha value is -2.68. The fraction of sp³-hybridized carbons (Fsp3) is 0.400. The van der Waals surface area contributed by atoms with Crippen molar-refractivity contribution in [1.82, 2.24) is 10.0 Å². The van der Waals surface area contributed by atoms with Crippen LogP contribution in [0.2, 0.25) is 0 Å². The van der Waals surface area contributed by atoms with Crippen molar-refractivity contribution in [1.29, 1.82) is 5.41 Å². The van der Waals surface area contributed by atoms with Crippen molar-refractivity contribution in [3.05, 3.63) is 65.2 Å². The maximum absolute atomic E-state index is 14.0. The van der Waals surface area contributed by atoms with Gasteiger partial charge in [-0.15, -0.1) is 0 Å². The summed E-state index contributed by atoms with van der Waals surface area (Å²) in [5.74, 6) is -1.35. The van der Waals surface area contributed by atoms with Crippen LogP contribution in [0.3, 0.4) is 0 Å². The first-order chi connectivity index (χ1) is 15.8. The van der Waals surface area contributed by atoms with Gasteiger partial charge in [0.15, 0.2) is 0 Å². The van der Waals surface area contributed by atoms with Gasteiger partial charge in [-0.2, -0.15) is 0 Å². The van der Waals surface area contributed by atoms with Crippen LogP contribution in [-0.2, 0) is 9.59 Å². The number of benzene rings is 2. The maximum Gasteiger partial charge on any atom is 0.320 e.